The Bertz CT molecular complexity index is 4290. The van der Waals surface area contributed by atoms with Gasteiger partial charge in [-0.15, -0.1) is 0 Å². The molecule has 3 amide bonds. The molecule has 3 aromatic heterocycles. The van der Waals surface area contributed by atoms with Crippen LogP contribution in [0.1, 0.15) is 141 Å². The molecule has 2 aliphatic rings. The highest BCUT2D eigenvalue weighted by Gasteiger charge is 2.68. The first-order valence-electron chi connectivity index (χ1n) is 28.2. The van der Waals surface area contributed by atoms with E-state index in [2.05, 4.69) is 32.3 Å². The van der Waals surface area contributed by atoms with Gasteiger partial charge in [-0.05, 0) is 120 Å². The van der Waals surface area contributed by atoms with Crippen LogP contribution >= 0.6 is 19.4 Å². The summed E-state index contributed by atoms with van der Waals surface area (Å²) in [6, 6.07) is 6.64. The van der Waals surface area contributed by atoms with E-state index in [1.807, 2.05) is 0 Å². The van der Waals surface area contributed by atoms with Gasteiger partial charge in [0.2, 0.25) is 17.7 Å². The fraction of sp³-hybridized carbons (Fsp3) is 0.441. The Hall–Kier alpha value is -7.47. The van der Waals surface area contributed by atoms with Gasteiger partial charge >= 0.3 is 26.1 Å². The number of hydrogen-bond acceptors (Lipinski definition) is 15. The van der Waals surface area contributed by atoms with E-state index < -0.39 is 212 Å². The second-order valence-corrected chi connectivity index (χ2v) is 29.5. The van der Waals surface area contributed by atoms with Crippen molar-refractivity contribution < 1.29 is 104 Å². The third-order valence-electron chi connectivity index (χ3n) is 15.1. The molecule has 1 saturated carbocycles. The van der Waals surface area contributed by atoms with Crippen molar-refractivity contribution >= 4 is 75.1 Å². The average Bonchev–Trinajstić information content (AvgIpc) is 1.52. The van der Waals surface area contributed by atoms with Crippen LogP contribution in [-0.2, 0) is 99.1 Å². The Morgan fingerprint density at radius 3 is 2.12 bits per heavy atom. The molecule has 94 heavy (non-hydrogen) atoms. The van der Waals surface area contributed by atoms with Crippen LogP contribution < -0.4 is 15.6 Å². The number of carbonyl (C=O) groups excluding carboxylic acids is 3. The van der Waals surface area contributed by atoms with Gasteiger partial charge in [0.25, 0.3) is 5.92 Å². The first-order valence-corrected chi connectivity index (χ1v) is 33.0. The Balaban J connectivity index is 1.30. The Morgan fingerprint density at radius 2 is 1.56 bits per heavy atom. The number of aliphatic carboxylic acids is 1. The lowest BCUT2D eigenvalue weighted by atomic mass is 9.77. The summed E-state index contributed by atoms with van der Waals surface area (Å²) in [7, 11) is -8.72. The van der Waals surface area contributed by atoms with Crippen molar-refractivity contribution in [3.8, 4) is 28.7 Å². The number of hydrogen-bond donors (Lipinski definition) is 3. The number of phosphoric ester groups is 1. The maximum atomic E-state index is 15.8. The molecule has 0 saturated heterocycles. The topological polar surface area (TPSA) is 297 Å². The molecule has 4 N–H and O–H groups in total. The number of carbonyl (C=O) groups is 4. The highest BCUT2D eigenvalue weighted by Crippen LogP contribution is 2.68. The number of fused-ring (bicyclic) bond motifs is 4. The van der Waals surface area contributed by atoms with Gasteiger partial charge in [-0.1, -0.05) is 37.4 Å². The number of pyridine rings is 1. The lowest BCUT2D eigenvalue weighted by Gasteiger charge is -2.33. The Kier molecular flexibility index (Phi) is 20.2. The second kappa shape index (κ2) is 26.3. The number of primary amides is 1. The highest BCUT2D eigenvalue weighted by atomic mass is 35.5. The van der Waals surface area contributed by atoms with Crippen LogP contribution in [0.3, 0.4) is 0 Å². The molecule has 2 aliphatic carbocycles. The van der Waals surface area contributed by atoms with Crippen LogP contribution in [0.25, 0.3) is 22.0 Å². The number of nitrogens with one attached hydrogen (secondary N) is 1. The van der Waals surface area contributed by atoms with Crippen LogP contribution in [0.15, 0.2) is 54.6 Å². The van der Waals surface area contributed by atoms with E-state index in [0.717, 1.165) is 54.8 Å². The molecule has 21 nitrogen and oxygen atoms in total. The summed E-state index contributed by atoms with van der Waals surface area (Å²) in [6.45, 7) is 6.31. The summed E-state index contributed by atoms with van der Waals surface area (Å²) < 4.78 is 232. The van der Waals surface area contributed by atoms with E-state index >= 15 is 17.6 Å². The molecule has 1 unspecified atom stereocenters. The molecule has 508 valence electrons. The number of rotatable bonds is 24. The van der Waals surface area contributed by atoms with Gasteiger partial charge in [0.1, 0.15) is 46.6 Å². The number of halogens is 11. The minimum Gasteiger partial charge on any atom is -0.755 e. The number of carboxylic acid groups (broad SMARTS) is 1. The molecular formula is C59H59ClF10N8O13PS2-. The third kappa shape index (κ3) is 15.9. The number of aromatic nitrogens is 5. The quantitative estimate of drug-likeness (QED) is 0.0220. The molecular weight excluding hydrogens is 1350 g/mol. The smallest absolute Gasteiger partial charge is 0.530 e. The van der Waals surface area contributed by atoms with E-state index in [4.69, 9.17) is 30.9 Å². The largest absolute Gasteiger partial charge is 0.755 e. The predicted molar refractivity (Wildman–Crippen MR) is 317 cm³/mol. The fourth-order valence-corrected chi connectivity index (χ4v) is 13.5. The van der Waals surface area contributed by atoms with Gasteiger partial charge in [-0.25, -0.2) is 26.7 Å². The molecule has 3 heterocycles. The number of alkyl halides is 8. The molecule has 0 bridgehead atoms. The lowest BCUT2D eigenvalue weighted by Crippen LogP contribution is -2.37. The molecule has 0 spiro atoms. The molecule has 1 fully saturated rings. The average molecular weight is 1410 g/mol. The van der Waals surface area contributed by atoms with Crippen molar-refractivity contribution in [1.82, 2.24) is 34.2 Å². The number of benzene rings is 3. The van der Waals surface area contributed by atoms with Crippen molar-refractivity contribution in [3.05, 3.63) is 128 Å². The van der Waals surface area contributed by atoms with E-state index in [1.54, 1.807) is 0 Å². The number of amides is 3. The molecule has 35 heteroatoms. The van der Waals surface area contributed by atoms with Crippen molar-refractivity contribution in [2.24, 2.45) is 11.7 Å². The summed E-state index contributed by atoms with van der Waals surface area (Å²) in [6.07, 6.45) is -14.3. The summed E-state index contributed by atoms with van der Waals surface area (Å²) in [5.74, 6) is -9.86. The van der Waals surface area contributed by atoms with Crippen LogP contribution in [0.5, 0.6) is 5.75 Å². The summed E-state index contributed by atoms with van der Waals surface area (Å²) in [5.41, 5.74) is -3.91. The third-order valence-corrected chi connectivity index (χ3v) is 19.9. The summed E-state index contributed by atoms with van der Waals surface area (Å²) in [5, 5.41) is 19.1. The minimum absolute atomic E-state index is 0.127. The standard InChI is InChI=1S/C59H60ClF10N8O13PS2/c1-28(2)89-92(84,90-29(3)4)91-43-20-32(54(71)83)19-31(21-46(81)82)49(43)55(5,6)24-45(80)78(93(85)86)25-42-48-40(60)13-12-37(51(48)77(74-42)27-57(63,64)65)36-11-10-35(14-15-56(7,8)94(9,87)88)72-50(36)41(18-30-16-33(61)22-34(62)17-30)73-44(79)26-76-53-47(52(75-76)59(68,69)70)38-23-39(38)58(53,66)67/h10-13,16-17,19-20,22,28-29,38-39,41H,18,21,23-27H2,1-9H3,(H2,71,83)(H,73,79)(H,81,82)(H,85,86)/p-1/t38-,39+,41-/m0/s1. The molecule has 8 rings (SSSR count). The zero-order chi connectivity index (χ0) is 70.1. The van der Waals surface area contributed by atoms with Gasteiger partial charge < -0.3 is 25.2 Å². The molecule has 4 atom stereocenters. The molecule has 0 aliphatic heterocycles. The summed E-state index contributed by atoms with van der Waals surface area (Å²) in [4.78, 5) is 58.7. The Labute approximate surface area is 538 Å². The SMILES string of the molecule is CC(C)OP(=O)(Oc1cc(C(N)=O)cc(CC(=O)O)c1C(C)(C)CC(=O)N(Cc1nn(CC(F)(F)F)c2c(-c3ccc(C#CC(C)(C)S(C)(=O)=O)nc3[C@H](Cc3cc(F)cc(F)c3)NC(=O)Cn3nc(C(F)(F)F)c4c3C(F)(F)[C@@H]3C[C@H]43)ccc(Cl)c12)S(=O)[O-])OC(C)C. The van der Waals surface area contributed by atoms with Crippen molar-refractivity contribution in [2.75, 3.05) is 6.26 Å². The van der Waals surface area contributed by atoms with Crippen LogP contribution in [-0.4, -0.2) is 104 Å². The molecule has 0 radical (unpaired) electrons. The maximum Gasteiger partial charge on any atom is 0.530 e. The van der Waals surface area contributed by atoms with E-state index in [9.17, 15) is 72.4 Å². The second-order valence-electron chi connectivity index (χ2n) is 24.1. The fourth-order valence-electron chi connectivity index (χ4n) is 11.0. The first-order chi connectivity index (χ1) is 43.2. The first kappa shape index (κ1) is 72.4. The van der Waals surface area contributed by atoms with Crippen molar-refractivity contribution in [1.29, 1.82) is 0 Å². The maximum absolute atomic E-state index is 15.8. The number of nitrogens with two attached hydrogens (primary N) is 1. The zero-order valence-corrected chi connectivity index (χ0v) is 54.3. The predicted octanol–water partition coefficient (Wildman–Crippen LogP) is 10.8. The number of carboxylic acids is 1. The monoisotopic (exact) mass is 1410 g/mol. The number of phosphoric acid groups is 1. The highest BCUT2D eigenvalue weighted by molar-refractivity contribution is 7.92. The van der Waals surface area contributed by atoms with E-state index in [1.165, 1.54) is 55.4 Å². The van der Waals surface area contributed by atoms with Gasteiger partial charge in [-0.3, -0.25) is 46.1 Å². The van der Waals surface area contributed by atoms with E-state index in [-0.39, 0.29) is 54.5 Å². The molecule has 6 aromatic rings. The lowest BCUT2D eigenvalue weighted by molar-refractivity contribution is -0.143. The van der Waals surface area contributed by atoms with Crippen LogP contribution in [0, 0.1) is 29.4 Å². The zero-order valence-electron chi connectivity index (χ0n) is 51.1. The van der Waals surface area contributed by atoms with Crippen LogP contribution in [0.4, 0.5) is 43.9 Å². The Morgan fingerprint density at radius 1 is 0.947 bits per heavy atom. The van der Waals surface area contributed by atoms with Gasteiger partial charge in [0.05, 0.1) is 64.4 Å². The summed E-state index contributed by atoms with van der Waals surface area (Å²) >= 11 is 3.15. The van der Waals surface area contributed by atoms with Gasteiger partial charge in [-0.2, -0.15) is 45.3 Å². The van der Waals surface area contributed by atoms with E-state index in [0.29, 0.717) is 10.7 Å². The van der Waals surface area contributed by atoms with Gasteiger partial charge in [0.15, 0.2) is 15.5 Å². The van der Waals surface area contributed by atoms with Gasteiger partial charge in [0, 0.05) is 63.3 Å². The normalized spacial score (nSPS) is 16.3. The number of sulfone groups is 1. The number of nitrogens with zero attached hydrogens (tertiary/aromatic N) is 6. The minimum atomic E-state index is -5.27. The van der Waals surface area contributed by atoms with Crippen LogP contribution in [0.2, 0.25) is 5.02 Å². The van der Waals surface area contributed by atoms with Crippen molar-refractivity contribution in [2.45, 2.75) is 153 Å². The van der Waals surface area contributed by atoms with Crippen molar-refractivity contribution in [3.63, 3.8) is 0 Å². The molecule has 3 aromatic carbocycles.